The van der Waals surface area contributed by atoms with Gasteiger partial charge in [0.2, 0.25) is 0 Å². The fraction of sp³-hybridized carbons (Fsp3) is 0.417. The molecule has 0 bridgehead atoms. The van der Waals surface area contributed by atoms with Crippen LogP contribution < -0.4 is 10.6 Å². The quantitative estimate of drug-likeness (QED) is 0.869. The molecular weight excluding hydrogens is 268 g/mol. The van der Waals surface area contributed by atoms with Gasteiger partial charge in [-0.2, -0.15) is 0 Å². The van der Waals surface area contributed by atoms with Crippen molar-refractivity contribution in [2.24, 2.45) is 0 Å². The zero-order valence-corrected chi connectivity index (χ0v) is 10.8. The third-order valence-corrected chi connectivity index (χ3v) is 3.32. The van der Waals surface area contributed by atoms with E-state index in [1.54, 1.807) is 0 Å². The minimum Gasteiger partial charge on any atom is -0.348 e. The molecule has 16 heavy (non-hydrogen) atoms. The zero-order chi connectivity index (χ0) is 11.5. The van der Waals surface area contributed by atoms with Gasteiger partial charge in [0.25, 0.3) is 5.91 Å². The molecule has 1 aliphatic rings. The minimum atomic E-state index is 0.0266. The summed E-state index contributed by atoms with van der Waals surface area (Å²) in [6, 6.07) is 5.99. The minimum absolute atomic E-state index is 0.0266. The van der Waals surface area contributed by atoms with Gasteiger partial charge in [0.05, 0.1) is 0 Å². The van der Waals surface area contributed by atoms with E-state index in [4.69, 9.17) is 0 Å². The molecule has 1 aromatic carbocycles. The Morgan fingerprint density at radius 2 is 2.38 bits per heavy atom. The molecule has 0 aromatic heterocycles. The molecule has 4 heteroatoms. The Hall–Kier alpha value is -0.870. The number of rotatable bonds is 2. The first-order valence-electron chi connectivity index (χ1n) is 5.44. The average molecular weight is 283 g/mol. The number of amides is 1. The van der Waals surface area contributed by atoms with Gasteiger partial charge in [-0.1, -0.05) is 15.9 Å². The first-order valence-corrected chi connectivity index (χ1v) is 6.24. The van der Waals surface area contributed by atoms with Crippen LogP contribution in [0.15, 0.2) is 22.7 Å². The van der Waals surface area contributed by atoms with Gasteiger partial charge in [0.1, 0.15) is 0 Å². The highest BCUT2D eigenvalue weighted by atomic mass is 79.9. The highest BCUT2D eigenvalue weighted by Gasteiger charge is 2.18. The maximum absolute atomic E-state index is 12.0. The largest absolute Gasteiger partial charge is 0.348 e. The van der Waals surface area contributed by atoms with E-state index in [0.717, 1.165) is 35.1 Å². The molecule has 1 atom stereocenters. The number of halogens is 1. The van der Waals surface area contributed by atoms with Gasteiger partial charge in [0.15, 0.2) is 0 Å². The van der Waals surface area contributed by atoms with Crippen LogP contribution in [-0.4, -0.2) is 25.0 Å². The fourth-order valence-electron chi connectivity index (χ4n) is 1.92. The molecule has 1 amide bonds. The molecular formula is C12H15BrN2O. The van der Waals surface area contributed by atoms with Gasteiger partial charge in [-0.25, -0.2) is 0 Å². The van der Waals surface area contributed by atoms with Crippen molar-refractivity contribution >= 4 is 21.8 Å². The van der Waals surface area contributed by atoms with Crippen LogP contribution in [0.1, 0.15) is 22.3 Å². The van der Waals surface area contributed by atoms with Crippen LogP contribution >= 0.6 is 15.9 Å². The number of hydrogen-bond donors (Lipinski definition) is 2. The summed E-state index contributed by atoms with van der Waals surface area (Å²) in [5.74, 6) is 0.0266. The second-order valence-corrected chi connectivity index (χ2v) is 5.04. The molecule has 2 rings (SSSR count). The Balaban J connectivity index is 2.08. The lowest BCUT2D eigenvalue weighted by molar-refractivity contribution is 0.0939. The molecule has 1 fully saturated rings. The highest BCUT2D eigenvalue weighted by Crippen LogP contribution is 2.16. The van der Waals surface area contributed by atoms with E-state index in [2.05, 4.69) is 26.6 Å². The summed E-state index contributed by atoms with van der Waals surface area (Å²) in [4.78, 5) is 12.0. The summed E-state index contributed by atoms with van der Waals surface area (Å²) >= 11 is 3.39. The van der Waals surface area contributed by atoms with Gasteiger partial charge in [-0.3, -0.25) is 4.79 Å². The van der Waals surface area contributed by atoms with Crippen molar-refractivity contribution in [2.45, 2.75) is 19.4 Å². The standard InChI is InChI=1S/C12H15BrN2O/c1-8-6-9(13)2-3-11(8)12(16)15-10-4-5-14-7-10/h2-3,6,10,14H,4-5,7H2,1H3,(H,15,16)/t10-/m0/s1. The molecule has 1 saturated heterocycles. The van der Waals surface area contributed by atoms with Crippen LogP contribution in [-0.2, 0) is 0 Å². The van der Waals surface area contributed by atoms with Crippen molar-refractivity contribution in [1.82, 2.24) is 10.6 Å². The fourth-order valence-corrected chi connectivity index (χ4v) is 2.40. The smallest absolute Gasteiger partial charge is 0.251 e. The average Bonchev–Trinajstić information content (AvgIpc) is 2.70. The summed E-state index contributed by atoms with van der Waals surface area (Å²) in [5.41, 5.74) is 1.76. The van der Waals surface area contributed by atoms with Gasteiger partial charge >= 0.3 is 0 Å². The van der Waals surface area contributed by atoms with Crippen molar-refractivity contribution in [3.63, 3.8) is 0 Å². The number of nitrogens with one attached hydrogen (secondary N) is 2. The Labute approximate surface area is 104 Å². The third kappa shape index (κ3) is 2.62. The summed E-state index contributed by atoms with van der Waals surface area (Å²) in [6.07, 6.45) is 1.02. The first-order chi connectivity index (χ1) is 7.66. The van der Waals surface area contributed by atoms with Crippen molar-refractivity contribution in [1.29, 1.82) is 0 Å². The SMILES string of the molecule is Cc1cc(Br)ccc1C(=O)N[C@H]1CCNC1. The number of benzene rings is 1. The Morgan fingerprint density at radius 1 is 1.56 bits per heavy atom. The number of aryl methyl sites for hydroxylation is 1. The van der Waals surface area contributed by atoms with Crippen molar-refractivity contribution in [3.05, 3.63) is 33.8 Å². The third-order valence-electron chi connectivity index (χ3n) is 2.83. The van der Waals surface area contributed by atoms with Crippen LogP contribution in [0, 0.1) is 6.92 Å². The molecule has 0 saturated carbocycles. The molecule has 1 aromatic rings. The molecule has 0 spiro atoms. The molecule has 1 heterocycles. The number of hydrogen-bond acceptors (Lipinski definition) is 2. The Morgan fingerprint density at radius 3 is 3.00 bits per heavy atom. The van der Waals surface area contributed by atoms with Gasteiger partial charge in [-0.15, -0.1) is 0 Å². The van der Waals surface area contributed by atoms with Gasteiger partial charge in [0, 0.05) is 22.6 Å². The summed E-state index contributed by atoms with van der Waals surface area (Å²) in [6.45, 7) is 3.82. The van der Waals surface area contributed by atoms with Crippen molar-refractivity contribution < 1.29 is 4.79 Å². The zero-order valence-electron chi connectivity index (χ0n) is 9.22. The van der Waals surface area contributed by atoms with Gasteiger partial charge < -0.3 is 10.6 Å². The predicted molar refractivity (Wildman–Crippen MR) is 67.6 cm³/mol. The molecule has 2 N–H and O–H groups in total. The normalized spacial score (nSPS) is 19.8. The predicted octanol–water partition coefficient (Wildman–Crippen LogP) is 1.85. The second kappa shape index (κ2) is 4.97. The van der Waals surface area contributed by atoms with Crippen LogP contribution in [0.3, 0.4) is 0 Å². The lowest BCUT2D eigenvalue weighted by Gasteiger charge is -2.12. The van der Waals surface area contributed by atoms with E-state index < -0.39 is 0 Å². The summed E-state index contributed by atoms with van der Waals surface area (Å²) in [7, 11) is 0. The molecule has 0 radical (unpaired) electrons. The maximum atomic E-state index is 12.0. The first kappa shape index (κ1) is 11.6. The summed E-state index contributed by atoms with van der Waals surface area (Å²) < 4.78 is 1.00. The maximum Gasteiger partial charge on any atom is 0.251 e. The molecule has 0 unspecified atom stereocenters. The Kier molecular flexibility index (Phi) is 3.61. The van der Waals surface area contributed by atoms with E-state index in [1.807, 2.05) is 25.1 Å². The van der Waals surface area contributed by atoms with Crippen LogP contribution in [0.2, 0.25) is 0 Å². The topological polar surface area (TPSA) is 41.1 Å². The van der Waals surface area contributed by atoms with Crippen LogP contribution in [0.4, 0.5) is 0 Å². The number of carbonyl (C=O) groups is 1. The molecule has 86 valence electrons. The number of carbonyl (C=O) groups excluding carboxylic acids is 1. The van der Waals surface area contributed by atoms with Crippen LogP contribution in [0.25, 0.3) is 0 Å². The monoisotopic (exact) mass is 282 g/mol. The van der Waals surface area contributed by atoms with E-state index >= 15 is 0 Å². The molecule has 0 aliphatic carbocycles. The highest BCUT2D eigenvalue weighted by molar-refractivity contribution is 9.10. The van der Waals surface area contributed by atoms with Crippen molar-refractivity contribution in [3.8, 4) is 0 Å². The van der Waals surface area contributed by atoms with Crippen molar-refractivity contribution in [2.75, 3.05) is 13.1 Å². The van der Waals surface area contributed by atoms with E-state index in [-0.39, 0.29) is 11.9 Å². The molecule has 1 aliphatic heterocycles. The molecule has 3 nitrogen and oxygen atoms in total. The van der Waals surface area contributed by atoms with Crippen LogP contribution in [0.5, 0.6) is 0 Å². The second-order valence-electron chi connectivity index (χ2n) is 4.12. The van der Waals surface area contributed by atoms with E-state index in [1.165, 1.54) is 0 Å². The summed E-state index contributed by atoms with van der Waals surface area (Å²) in [5, 5.41) is 6.27. The lowest BCUT2D eigenvalue weighted by atomic mass is 10.1. The van der Waals surface area contributed by atoms with E-state index in [9.17, 15) is 4.79 Å². The van der Waals surface area contributed by atoms with E-state index in [0.29, 0.717) is 0 Å². The lowest BCUT2D eigenvalue weighted by Crippen LogP contribution is -2.36. The van der Waals surface area contributed by atoms with Gasteiger partial charge in [-0.05, 0) is 43.7 Å². The Bertz CT molecular complexity index is 400.